The van der Waals surface area contributed by atoms with Crippen LogP contribution in [0.15, 0.2) is 30.3 Å². The van der Waals surface area contributed by atoms with E-state index in [0.29, 0.717) is 32.2 Å². The molecule has 3 atom stereocenters. The number of amides is 2. The molecular weight excluding hydrogens is 404 g/mol. The van der Waals surface area contributed by atoms with Crippen LogP contribution in [0.25, 0.3) is 0 Å². The Hall–Kier alpha value is -2.98. The summed E-state index contributed by atoms with van der Waals surface area (Å²) in [6.45, 7) is 0.308. The lowest BCUT2D eigenvalue weighted by Gasteiger charge is -2.24. The minimum absolute atomic E-state index is 0.126. The van der Waals surface area contributed by atoms with E-state index in [0.717, 1.165) is 5.56 Å². The fourth-order valence-corrected chi connectivity index (χ4v) is 3.54. The third-order valence-corrected chi connectivity index (χ3v) is 5.29. The molecule has 1 aliphatic heterocycles. The largest absolute Gasteiger partial charge is 0.480 e. The standard InChI is InChI=1S/C21H30N4O6/c22-15(19(27)25-12-4-7-17(25)21(30)31)10-11-23-18(26)13-24-16(20(28)29)9-8-14-5-2-1-3-6-14/h1-3,5-6,15-17,24H,4,7-13,22H2,(H,23,26)(H,28,29)(H,30,31)/t15?,16-,17-/m0/s1. The van der Waals surface area contributed by atoms with Gasteiger partial charge in [-0.3, -0.25) is 19.7 Å². The Balaban J connectivity index is 1.69. The Morgan fingerprint density at radius 1 is 1.13 bits per heavy atom. The summed E-state index contributed by atoms with van der Waals surface area (Å²) in [7, 11) is 0. The summed E-state index contributed by atoms with van der Waals surface area (Å²) in [5, 5.41) is 23.8. The number of aliphatic carboxylic acids is 2. The van der Waals surface area contributed by atoms with E-state index in [1.165, 1.54) is 4.90 Å². The first-order valence-electron chi connectivity index (χ1n) is 10.3. The number of likely N-dealkylation sites (tertiary alicyclic amines) is 1. The van der Waals surface area contributed by atoms with Crippen molar-refractivity contribution in [3.63, 3.8) is 0 Å². The minimum Gasteiger partial charge on any atom is -0.480 e. The van der Waals surface area contributed by atoms with Gasteiger partial charge < -0.3 is 26.2 Å². The zero-order valence-electron chi connectivity index (χ0n) is 17.3. The SMILES string of the molecule is NC(CCNC(=O)CN[C@@H](CCc1ccccc1)C(=O)O)C(=O)N1CCC[C@H]1C(=O)O. The second kappa shape index (κ2) is 12.0. The van der Waals surface area contributed by atoms with Gasteiger partial charge in [0.05, 0.1) is 12.6 Å². The van der Waals surface area contributed by atoms with E-state index < -0.39 is 41.9 Å². The Morgan fingerprint density at radius 3 is 2.48 bits per heavy atom. The maximum Gasteiger partial charge on any atom is 0.326 e. The molecule has 0 spiro atoms. The molecule has 6 N–H and O–H groups in total. The normalized spacial score (nSPS) is 17.7. The van der Waals surface area contributed by atoms with Gasteiger partial charge in [0.25, 0.3) is 0 Å². The number of carbonyl (C=O) groups is 4. The molecule has 1 aliphatic rings. The Labute approximate surface area is 180 Å². The number of nitrogens with one attached hydrogen (secondary N) is 2. The van der Waals surface area contributed by atoms with Gasteiger partial charge in [-0.2, -0.15) is 0 Å². The van der Waals surface area contributed by atoms with Crippen LogP contribution >= 0.6 is 0 Å². The van der Waals surface area contributed by atoms with Crippen LogP contribution in [-0.4, -0.2) is 76.6 Å². The molecule has 0 bridgehead atoms. The Bertz CT molecular complexity index is 772. The summed E-state index contributed by atoms with van der Waals surface area (Å²) in [5.41, 5.74) is 6.89. The van der Waals surface area contributed by atoms with E-state index in [9.17, 15) is 24.3 Å². The highest BCUT2D eigenvalue weighted by molar-refractivity contribution is 5.87. The van der Waals surface area contributed by atoms with Crippen molar-refractivity contribution in [1.82, 2.24) is 15.5 Å². The van der Waals surface area contributed by atoms with E-state index in [4.69, 9.17) is 10.8 Å². The van der Waals surface area contributed by atoms with Crippen LogP contribution in [0, 0.1) is 0 Å². The smallest absolute Gasteiger partial charge is 0.326 e. The number of carboxylic acid groups (broad SMARTS) is 2. The molecule has 10 heteroatoms. The second-order valence-electron chi connectivity index (χ2n) is 7.57. The highest BCUT2D eigenvalue weighted by Gasteiger charge is 2.35. The first-order valence-corrected chi connectivity index (χ1v) is 10.3. The number of nitrogens with zero attached hydrogens (tertiary/aromatic N) is 1. The van der Waals surface area contributed by atoms with E-state index in [2.05, 4.69) is 10.6 Å². The van der Waals surface area contributed by atoms with Gasteiger partial charge in [-0.25, -0.2) is 4.79 Å². The third-order valence-electron chi connectivity index (χ3n) is 5.29. The predicted molar refractivity (Wildman–Crippen MR) is 112 cm³/mol. The molecule has 2 amide bonds. The van der Waals surface area contributed by atoms with Gasteiger partial charge in [0.15, 0.2) is 0 Å². The molecule has 0 aliphatic carbocycles. The van der Waals surface area contributed by atoms with Crippen molar-refractivity contribution in [2.75, 3.05) is 19.6 Å². The number of carbonyl (C=O) groups excluding carboxylic acids is 2. The third kappa shape index (κ3) is 7.65. The molecule has 1 aromatic rings. The van der Waals surface area contributed by atoms with Crippen LogP contribution in [0.2, 0.25) is 0 Å². The fraction of sp³-hybridized carbons (Fsp3) is 0.524. The molecule has 10 nitrogen and oxygen atoms in total. The topological polar surface area (TPSA) is 162 Å². The highest BCUT2D eigenvalue weighted by atomic mass is 16.4. The predicted octanol–water partition coefficient (Wildman–Crippen LogP) is -0.429. The van der Waals surface area contributed by atoms with E-state index in [1.807, 2.05) is 30.3 Å². The van der Waals surface area contributed by atoms with Gasteiger partial charge in [0.1, 0.15) is 12.1 Å². The fourth-order valence-electron chi connectivity index (χ4n) is 3.54. The molecule has 1 heterocycles. The number of rotatable bonds is 12. The molecule has 1 fully saturated rings. The van der Waals surface area contributed by atoms with Gasteiger partial charge in [-0.05, 0) is 37.7 Å². The van der Waals surface area contributed by atoms with E-state index >= 15 is 0 Å². The Morgan fingerprint density at radius 2 is 1.84 bits per heavy atom. The van der Waals surface area contributed by atoms with Crippen molar-refractivity contribution in [2.45, 2.75) is 50.2 Å². The monoisotopic (exact) mass is 434 g/mol. The van der Waals surface area contributed by atoms with E-state index in [-0.39, 0.29) is 19.5 Å². The van der Waals surface area contributed by atoms with Crippen LogP contribution < -0.4 is 16.4 Å². The number of hydrogen-bond donors (Lipinski definition) is 5. The molecule has 31 heavy (non-hydrogen) atoms. The summed E-state index contributed by atoms with van der Waals surface area (Å²) in [6, 6.07) is 6.86. The number of carboxylic acids is 2. The summed E-state index contributed by atoms with van der Waals surface area (Å²) in [5.74, 6) is -2.92. The average Bonchev–Trinajstić information content (AvgIpc) is 3.23. The molecule has 1 unspecified atom stereocenters. The van der Waals surface area contributed by atoms with Crippen molar-refractivity contribution < 1.29 is 29.4 Å². The van der Waals surface area contributed by atoms with Gasteiger partial charge in [-0.1, -0.05) is 30.3 Å². The lowest BCUT2D eigenvalue weighted by Crippen LogP contribution is -2.49. The van der Waals surface area contributed by atoms with Gasteiger partial charge >= 0.3 is 11.9 Å². The molecular formula is C21H30N4O6. The molecule has 0 aromatic heterocycles. The summed E-state index contributed by atoms with van der Waals surface area (Å²) in [6.07, 6.45) is 2.09. The first kappa shape index (κ1) is 24.3. The number of nitrogens with two attached hydrogens (primary N) is 1. The molecule has 170 valence electrons. The Kier molecular flexibility index (Phi) is 9.41. The number of aryl methyl sites for hydroxylation is 1. The van der Waals surface area contributed by atoms with Crippen molar-refractivity contribution in [3.8, 4) is 0 Å². The zero-order valence-corrected chi connectivity index (χ0v) is 17.3. The summed E-state index contributed by atoms with van der Waals surface area (Å²) >= 11 is 0. The lowest BCUT2D eigenvalue weighted by atomic mass is 10.1. The van der Waals surface area contributed by atoms with Crippen molar-refractivity contribution in [3.05, 3.63) is 35.9 Å². The summed E-state index contributed by atoms with van der Waals surface area (Å²) in [4.78, 5) is 48.3. The number of hydrogen-bond acceptors (Lipinski definition) is 6. The lowest BCUT2D eigenvalue weighted by molar-refractivity contribution is -0.148. The van der Waals surface area contributed by atoms with Crippen molar-refractivity contribution in [2.24, 2.45) is 5.73 Å². The maximum atomic E-state index is 12.4. The molecule has 1 aromatic carbocycles. The second-order valence-corrected chi connectivity index (χ2v) is 7.57. The van der Waals surface area contributed by atoms with Gasteiger partial charge in [0.2, 0.25) is 11.8 Å². The average molecular weight is 434 g/mol. The van der Waals surface area contributed by atoms with Crippen LogP contribution in [0.5, 0.6) is 0 Å². The number of benzene rings is 1. The van der Waals surface area contributed by atoms with Gasteiger partial charge in [0, 0.05) is 13.1 Å². The van der Waals surface area contributed by atoms with Crippen LogP contribution in [-0.2, 0) is 25.6 Å². The quantitative estimate of drug-likeness (QED) is 0.296. The van der Waals surface area contributed by atoms with Gasteiger partial charge in [-0.15, -0.1) is 0 Å². The zero-order chi connectivity index (χ0) is 22.8. The molecule has 0 saturated carbocycles. The molecule has 0 radical (unpaired) electrons. The van der Waals surface area contributed by atoms with E-state index in [1.54, 1.807) is 0 Å². The molecule has 1 saturated heterocycles. The summed E-state index contributed by atoms with van der Waals surface area (Å²) < 4.78 is 0. The van der Waals surface area contributed by atoms with Crippen molar-refractivity contribution in [1.29, 1.82) is 0 Å². The van der Waals surface area contributed by atoms with Crippen LogP contribution in [0.3, 0.4) is 0 Å². The maximum absolute atomic E-state index is 12.4. The first-order chi connectivity index (χ1) is 14.8. The van der Waals surface area contributed by atoms with Crippen molar-refractivity contribution >= 4 is 23.8 Å². The minimum atomic E-state index is -1.04. The van der Waals surface area contributed by atoms with Crippen LogP contribution in [0.1, 0.15) is 31.2 Å². The molecule has 2 rings (SSSR count). The van der Waals surface area contributed by atoms with Crippen LogP contribution in [0.4, 0.5) is 0 Å². The highest BCUT2D eigenvalue weighted by Crippen LogP contribution is 2.18.